The van der Waals surface area contributed by atoms with Crippen molar-refractivity contribution < 1.29 is 9.59 Å². The van der Waals surface area contributed by atoms with Crippen LogP contribution in [0.15, 0.2) is 48.7 Å². The lowest BCUT2D eigenvalue weighted by Crippen LogP contribution is -2.17. The lowest BCUT2D eigenvalue weighted by atomic mass is 10.1. The minimum absolute atomic E-state index is 0.181. The van der Waals surface area contributed by atoms with Crippen LogP contribution in [0.25, 0.3) is 0 Å². The highest BCUT2D eigenvalue weighted by Crippen LogP contribution is 2.07. The van der Waals surface area contributed by atoms with Crippen LogP contribution < -0.4 is 5.32 Å². The molecule has 4 heteroatoms. The third-order valence-corrected chi connectivity index (χ3v) is 2.60. The monoisotopic (exact) mass is 254 g/mol. The molecule has 1 aromatic carbocycles. The van der Waals surface area contributed by atoms with Crippen LogP contribution in [0.5, 0.6) is 0 Å². The predicted octanol–water partition coefficient (Wildman–Crippen LogP) is 2.60. The van der Waals surface area contributed by atoms with Crippen LogP contribution in [0.3, 0.4) is 0 Å². The second-order valence-corrected chi connectivity index (χ2v) is 4.23. The highest BCUT2D eigenvalue weighted by molar-refractivity contribution is 6.10. The number of carbonyl (C=O) groups excluding carboxylic acids is 2. The van der Waals surface area contributed by atoms with Gasteiger partial charge in [-0.15, -0.1) is 0 Å². The number of pyridine rings is 1. The van der Waals surface area contributed by atoms with Gasteiger partial charge in [-0.3, -0.25) is 9.59 Å². The average Bonchev–Trinajstić information content (AvgIpc) is 2.39. The van der Waals surface area contributed by atoms with Gasteiger partial charge in [0.2, 0.25) is 5.91 Å². The lowest BCUT2D eigenvalue weighted by molar-refractivity contribution is -0.115. The topological polar surface area (TPSA) is 59.1 Å². The number of anilines is 1. The molecule has 1 heterocycles. The van der Waals surface area contributed by atoms with E-state index in [1.54, 1.807) is 36.5 Å². The zero-order valence-corrected chi connectivity index (χ0v) is 10.6. The van der Waals surface area contributed by atoms with Gasteiger partial charge in [-0.05, 0) is 24.6 Å². The van der Waals surface area contributed by atoms with E-state index in [1.165, 1.54) is 0 Å². The number of nitrogens with one attached hydrogen (secondary N) is 1. The highest BCUT2D eigenvalue weighted by Gasteiger charge is 2.11. The van der Waals surface area contributed by atoms with Crippen molar-refractivity contribution in [3.05, 3.63) is 59.8 Å². The highest BCUT2D eigenvalue weighted by atomic mass is 16.2. The summed E-state index contributed by atoms with van der Waals surface area (Å²) in [4.78, 5) is 27.6. The van der Waals surface area contributed by atoms with Crippen LogP contribution in [-0.4, -0.2) is 16.7 Å². The molecule has 0 fully saturated rings. The molecule has 0 aliphatic rings. The van der Waals surface area contributed by atoms with E-state index in [0.29, 0.717) is 11.4 Å². The van der Waals surface area contributed by atoms with Gasteiger partial charge in [-0.2, -0.15) is 0 Å². The van der Waals surface area contributed by atoms with E-state index in [9.17, 15) is 9.59 Å². The van der Waals surface area contributed by atoms with Crippen LogP contribution in [0, 0.1) is 6.92 Å². The molecule has 1 N–H and O–H groups in total. The summed E-state index contributed by atoms with van der Waals surface area (Å²) in [6, 6.07) is 12.4. The summed E-state index contributed by atoms with van der Waals surface area (Å²) < 4.78 is 0. The number of amides is 1. The van der Waals surface area contributed by atoms with Gasteiger partial charge in [-0.25, -0.2) is 4.98 Å². The number of rotatable bonds is 4. The molecule has 2 aromatic rings. The summed E-state index contributed by atoms with van der Waals surface area (Å²) in [5, 5.41) is 2.61. The first kappa shape index (κ1) is 13.0. The van der Waals surface area contributed by atoms with Crippen molar-refractivity contribution in [2.24, 2.45) is 0 Å². The molecule has 0 saturated carbocycles. The molecule has 2 rings (SSSR count). The van der Waals surface area contributed by atoms with E-state index < -0.39 is 0 Å². The molecule has 19 heavy (non-hydrogen) atoms. The maximum atomic E-state index is 11.8. The molecule has 0 unspecified atom stereocenters. The summed E-state index contributed by atoms with van der Waals surface area (Å²) in [5.41, 5.74) is 1.54. The third kappa shape index (κ3) is 3.74. The van der Waals surface area contributed by atoms with E-state index in [2.05, 4.69) is 10.3 Å². The number of hydrogen-bond acceptors (Lipinski definition) is 3. The van der Waals surface area contributed by atoms with Gasteiger partial charge in [0.15, 0.2) is 5.78 Å². The summed E-state index contributed by atoms with van der Waals surface area (Å²) in [6.45, 7) is 1.91. The molecule has 0 atom stereocenters. The van der Waals surface area contributed by atoms with Gasteiger partial charge in [0.1, 0.15) is 5.82 Å². The van der Waals surface area contributed by atoms with Gasteiger partial charge >= 0.3 is 0 Å². The maximum absolute atomic E-state index is 11.8. The molecule has 1 aromatic heterocycles. The molecule has 0 spiro atoms. The smallest absolute Gasteiger partial charge is 0.233 e. The summed E-state index contributed by atoms with van der Waals surface area (Å²) in [6.07, 6.45) is 1.43. The van der Waals surface area contributed by atoms with Gasteiger partial charge < -0.3 is 5.32 Å². The quantitative estimate of drug-likeness (QED) is 0.674. The summed E-state index contributed by atoms with van der Waals surface area (Å²) in [5.74, 6) is -0.0939. The average molecular weight is 254 g/mol. The van der Waals surface area contributed by atoms with E-state index in [0.717, 1.165) is 5.56 Å². The number of nitrogens with zero attached hydrogens (tertiary/aromatic N) is 1. The standard InChI is InChI=1S/C15H14N2O2/c1-11-7-8-16-14(9-11)17-15(19)10-13(18)12-5-3-2-4-6-12/h2-9H,10H2,1H3,(H,16,17,19). The van der Waals surface area contributed by atoms with Crippen LogP contribution >= 0.6 is 0 Å². The third-order valence-electron chi connectivity index (χ3n) is 2.60. The molecular weight excluding hydrogens is 240 g/mol. The SMILES string of the molecule is Cc1ccnc(NC(=O)CC(=O)c2ccccc2)c1. The molecule has 1 amide bonds. The Balaban J connectivity index is 1.97. The normalized spacial score (nSPS) is 9.95. The van der Waals surface area contributed by atoms with Crippen molar-refractivity contribution in [1.82, 2.24) is 4.98 Å². The van der Waals surface area contributed by atoms with E-state index >= 15 is 0 Å². The second kappa shape index (κ2) is 5.91. The zero-order valence-electron chi connectivity index (χ0n) is 10.6. The molecule has 4 nitrogen and oxygen atoms in total. The summed E-state index contributed by atoms with van der Waals surface area (Å²) in [7, 11) is 0. The Morgan fingerprint density at radius 1 is 1.16 bits per heavy atom. The molecule has 0 saturated heterocycles. The fraction of sp³-hybridized carbons (Fsp3) is 0.133. The first-order valence-electron chi connectivity index (χ1n) is 5.96. The van der Waals surface area contributed by atoms with Gasteiger partial charge in [0.05, 0.1) is 6.42 Å². The molecule has 0 bridgehead atoms. The zero-order chi connectivity index (χ0) is 13.7. The van der Waals surface area contributed by atoms with Gasteiger partial charge in [0, 0.05) is 11.8 Å². The van der Waals surface area contributed by atoms with Crippen molar-refractivity contribution in [2.45, 2.75) is 13.3 Å². The van der Waals surface area contributed by atoms with Gasteiger partial charge in [0.25, 0.3) is 0 Å². The number of aromatic nitrogens is 1. The fourth-order valence-corrected chi connectivity index (χ4v) is 1.66. The number of carbonyl (C=O) groups is 2. The Morgan fingerprint density at radius 2 is 1.89 bits per heavy atom. The number of ketones is 1. The van der Waals surface area contributed by atoms with E-state index in [-0.39, 0.29) is 18.1 Å². The van der Waals surface area contributed by atoms with Crippen LogP contribution in [0.2, 0.25) is 0 Å². The second-order valence-electron chi connectivity index (χ2n) is 4.23. The minimum atomic E-state index is -0.355. The first-order valence-corrected chi connectivity index (χ1v) is 5.96. The molecule has 0 aliphatic carbocycles. The van der Waals surface area contributed by atoms with Crippen molar-refractivity contribution in [1.29, 1.82) is 0 Å². The summed E-state index contributed by atoms with van der Waals surface area (Å²) >= 11 is 0. The first-order chi connectivity index (χ1) is 9.15. The Hall–Kier alpha value is -2.49. The Labute approximate surface area is 111 Å². The van der Waals surface area contributed by atoms with Crippen molar-refractivity contribution in [3.8, 4) is 0 Å². The number of Topliss-reactive ketones (excluding diaryl/α,β-unsaturated/α-hetero) is 1. The van der Waals surface area contributed by atoms with E-state index in [4.69, 9.17) is 0 Å². The van der Waals surface area contributed by atoms with E-state index in [1.807, 2.05) is 19.1 Å². The lowest BCUT2D eigenvalue weighted by Gasteiger charge is -2.04. The van der Waals surface area contributed by atoms with Crippen LogP contribution in [0.4, 0.5) is 5.82 Å². The largest absolute Gasteiger partial charge is 0.310 e. The Kier molecular flexibility index (Phi) is 4.03. The van der Waals surface area contributed by atoms with Crippen molar-refractivity contribution in [2.75, 3.05) is 5.32 Å². The fourth-order valence-electron chi connectivity index (χ4n) is 1.66. The number of benzene rings is 1. The van der Waals surface area contributed by atoms with Gasteiger partial charge in [-0.1, -0.05) is 30.3 Å². The number of aryl methyl sites for hydroxylation is 1. The molecule has 0 radical (unpaired) electrons. The number of hydrogen-bond donors (Lipinski definition) is 1. The van der Waals surface area contributed by atoms with Crippen molar-refractivity contribution >= 4 is 17.5 Å². The van der Waals surface area contributed by atoms with Crippen LogP contribution in [-0.2, 0) is 4.79 Å². The molecular formula is C15H14N2O2. The Morgan fingerprint density at radius 3 is 2.58 bits per heavy atom. The van der Waals surface area contributed by atoms with Crippen LogP contribution in [0.1, 0.15) is 22.3 Å². The minimum Gasteiger partial charge on any atom is -0.310 e. The Bertz CT molecular complexity index is 594. The van der Waals surface area contributed by atoms with Crippen molar-refractivity contribution in [3.63, 3.8) is 0 Å². The molecule has 96 valence electrons. The maximum Gasteiger partial charge on any atom is 0.233 e. The predicted molar refractivity (Wildman–Crippen MR) is 73.0 cm³/mol. The molecule has 0 aliphatic heterocycles.